The first-order valence-corrected chi connectivity index (χ1v) is 9.12. The molecule has 0 N–H and O–H groups in total. The second-order valence-corrected chi connectivity index (χ2v) is 6.94. The van der Waals surface area contributed by atoms with Crippen LogP contribution in [0.15, 0.2) is 36.4 Å². The number of amides is 2. The number of nitrogens with zero attached hydrogens (tertiary/aromatic N) is 2. The van der Waals surface area contributed by atoms with Crippen LogP contribution in [0.4, 0.5) is 10.1 Å². The molecular formula is C21H21FN2O4. The monoisotopic (exact) mass is 384 g/mol. The predicted octanol–water partition coefficient (Wildman–Crippen LogP) is 2.53. The summed E-state index contributed by atoms with van der Waals surface area (Å²) in [7, 11) is 3.18. The van der Waals surface area contributed by atoms with Crippen LogP contribution >= 0.6 is 0 Å². The molecule has 4 rings (SSSR count). The van der Waals surface area contributed by atoms with E-state index in [4.69, 9.17) is 9.47 Å². The quantitative estimate of drug-likeness (QED) is 0.759. The van der Waals surface area contributed by atoms with E-state index in [1.54, 1.807) is 20.3 Å². The van der Waals surface area contributed by atoms with Crippen molar-refractivity contribution >= 4 is 17.5 Å². The van der Waals surface area contributed by atoms with E-state index < -0.39 is 11.9 Å². The van der Waals surface area contributed by atoms with Crippen molar-refractivity contribution in [2.24, 2.45) is 0 Å². The first-order chi connectivity index (χ1) is 13.5. The summed E-state index contributed by atoms with van der Waals surface area (Å²) < 4.78 is 24.9. The maximum Gasteiger partial charge on any atom is 0.251 e. The number of hydrogen-bond acceptors (Lipinski definition) is 5. The van der Waals surface area contributed by atoms with Gasteiger partial charge in [0.25, 0.3) is 5.91 Å². The second-order valence-electron chi connectivity index (χ2n) is 6.94. The highest BCUT2D eigenvalue weighted by molar-refractivity contribution is 6.22. The van der Waals surface area contributed by atoms with Gasteiger partial charge in [-0.05, 0) is 41.8 Å². The van der Waals surface area contributed by atoms with Crippen LogP contribution in [0.1, 0.15) is 17.5 Å². The number of carbonyl (C=O) groups is 2. The van der Waals surface area contributed by atoms with Crippen molar-refractivity contribution < 1.29 is 23.5 Å². The Labute approximate surface area is 162 Å². The Morgan fingerprint density at radius 3 is 2.39 bits per heavy atom. The summed E-state index contributed by atoms with van der Waals surface area (Å²) in [6.45, 7) is 1.15. The number of anilines is 1. The summed E-state index contributed by atoms with van der Waals surface area (Å²) in [5, 5.41) is 0. The highest BCUT2D eigenvalue weighted by atomic mass is 19.1. The van der Waals surface area contributed by atoms with Gasteiger partial charge in [0.1, 0.15) is 5.82 Å². The summed E-state index contributed by atoms with van der Waals surface area (Å²) in [5.74, 6) is -0.0274. The summed E-state index contributed by atoms with van der Waals surface area (Å²) >= 11 is 0. The second kappa shape index (κ2) is 7.24. The Morgan fingerprint density at radius 1 is 1.04 bits per heavy atom. The molecule has 2 amide bonds. The number of rotatable bonds is 4. The first kappa shape index (κ1) is 18.4. The largest absolute Gasteiger partial charge is 0.493 e. The van der Waals surface area contributed by atoms with Crippen LogP contribution < -0.4 is 14.4 Å². The van der Waals surface area contributed by atoms with Crippen molar-refractivity contribution in [1.29, 1.82) is 0 Å². The first-order valence-electron chi connectivity index (χ1n) is 9.12. The number of carbonyl (C=O) groups excluding carboxylic acids is 2. The van der Waals surface area contributed by atoms with E-state index in [0.29, 0.717) is 24.6 Å². The van der Waals surface area contributed by atoms with Crippen molar-refractivity contribution in [3.8, 4) is 11.5 Å². The highest BCUT2D eigenvalue weighted by Crippen LogP contribution is 2.35. The van der Waals surface area contributed by atoms with Gasteiger partial charge in [-0.15, -0.1) is 0 Å². The zero-order valence-electron chi connectivity index (χ0n) is 15.8. The van der Waals surface area contributed by atoms with Gasteiger partial charge in [0.2, 0.25) is 5.91 Å². The van der Waals surface area contributed by atoms with Crippen molar-refractivity contribution in [2.45, 2.75) is 25.4 Å². The highest BCUT2D eigenvalue weighted by Gasteiger charge is 2.44. The minimum absolute atomic E-state index is 0.0174. The van der Waals surface area contributed by atoms with Crippen LogP contribution in [0.2, 0.25) is 0 Å². The lowest BCUT2D eigenvalue weighted by Gasteiger charge is -2.32. The molecule has 0 spiro atoms. The number of imide groups is 1. The molecule has 1 fully saturated rings. The van der Waals surface area contributed by atoms with Gasteiger partial charge in [-0.25, -0.2) is 9.29 Å². The summed E-state index contributed by atoms with van der Waals surface area (Å²) in [6.07, 6.45) is 0.781. The van der Waals surface area contributed by atoms with Crippen LogP contribution in [-0.4, -0.2) is 43.5 Å². The maximum atomic E-state index is 14.1. The van der Waals surface area contributed by atoms with E-state index in [1.807, 2.05) is 17.0 Å². The third-order valence-corrected chi connectivity index (χ3v) is 5.40. The lowest BCUT2D eigenvalue weighted by atomic mass is 9.97. The molecule has 0 saturated carbocycles. The topological polar surface area (TPSA) is 59.1 Å². The van der Waals surface area contributed by atoms with E-state index in [9.17, 15) is 14.0 Å². The van der Waals surface area contributed by atoms with Gasteiger partial charge in [0, 0.05) is 13.1 Å². The zero-order chi connectivity index (χ0) is 19.8. The minimum atomic E-state index is -0.589. The van der Waals surface area contributed by atoms with Crippen LogP contribution in [0.25, 0.3) is 0 Å². The molecule has 7 heteroatoms. The molecule has 2 aliphatic rings. The third kappa shape index (κ3) is 3.01. The predicted molar refractivity (Wildman–Crippen MR) is 101 cm³/mol. The van der Waals surface area contributed by atoms with Crippen LogP contribution in [-0.2, 0) is 22.6 Å². The summed E-state index contributed by atoms with van der Waals surface area (Å²) in [6, 6.07) is 9.13. The number of benzene rings is 2. The molecule has 2 aromatic rings. The molecule has 1 saturated heterocycles. The fraction of sp³-hybridized carbons (Fsp3) is 0.333. The molecular weight excluding hydrogens is 363 g/mol. The number of methoxy groups -OCH3 is 2. The Morgan fingerprint density at radius 2 is 1.71 bits per heavy atom. The van der Waals surface area contributed by atoms with E-state index in [1.165, 1.54) is 18.2 Å². The van der Waals surface area contributed by atoms with Gasteiger partial charge in [0.05, 0.1) is 32.4 Å². The average Bonchev–Trinajstić information content (AvgIpc) is 3.01. The van der Waals surface area contributed by atoms with Crippen molar-refractivity contribution in [3.63, 3.8) is 0 Å². The molecule has 28 heavy (non-hydrogen) atoms. The minimum Gasteiger partial charge on any atom is -0.493 e. The van der Waals surface area contributed by atoms with Crippen LogP contribution in [0, 0.1) is 5.82 Å². The van der Waals surface area contributed by atoms with Gasteiger partial charge in [-0.1, -0.05) is 12.1 Å². The zero-order valence-corrected chi connectivity index (χ0v) is 15.8. The number of halogens is 1. The molecule has 0 aromatic heterocycles. The Balaban J connectivity index is 1.59. The molecule has 2 aromatic carbocycles. The summed E-state index contributed by atoms with van der Waals surface area (Å²) in [5.41, 5.74) is 2.19. The number of para-hydroxylation sites is 1. The lowest BCUT2D eigenvalue weighted by Crippen LogP contribution is -2.44. The van der Waals surface area contributed by atoms with E-state index >= 15 is 0 Å². The number of fused-ring (bicyclic) bond motifs is 1. The molecule has 0 radical (unpaired) electrons. The normalized spacial score (nSPS) is 19.7. The SMILES string of the molecule is COc1cc2c(cc1OC)CN([C@@H]1CC(=O)N(c3ccccc3F)C1=O)CC2. The van der Waals surface area contributed by atoms with Gasteiger partial charge in [0.15, 0.2) is 11.5 Å². The van der Waals surface area contributed by atoms with Crippen LogP contribution in [0.3, 0.4) is 0 Å². The Kier molecular flexibility index (Phi) is 4.77. The number of ether oxygens (including phenoxy) is 2. The molecule has 6 nitrogen and oxygen atoms in total. The smallest absolute Gasteiger partial charge is 0.251 e. The van der Waals surface area contributed by atoms with Gasteiger partial charge >= 0.3 is 0 Å². The van der Waals surface area contributed by atoms with Crippen molar-refractivity contribution in [2.75, 3.05) is 25.7 Å². The van der Waals surface area contributed by atoms with Gasteiger partial charge in [-0.2, -0.15) is 0 Å². The van der Waals surface area contributed by atoms with Gasteiger partial charge < -0.3 is 9.47 Å². The maximum absolute atomic E-state index is 14.1. The third-order valence-electron chi connectivity index (χ3n) is 5.40. The molecule has 2 heterocycles. The fourth-order valence-electron chi connectivity index (χ4n) is 3.96. The Hall–Kier alpha value is -2.93. The van der Waals surface area contributed by atoms with Crippen molar-refractivity contribution in [1.82, 2.24) is 4.90 Å². The molecule has 0 unspecified atom stereocenters. The summed E-state index contributed by atoms with van der Waals surface area (Å²) in [4.78, 5) is 28.4. The van der Waals surface area contributed by atoms with Gasteiger partial charge in [-0.3, -0.25) is 14.5 Å². The fourth-order valence-corrected chi connectivity index (χ4v) is 3.96. The van der Waals surface area contributed by atoms with E-state index in [2.05, 4.69) is 0 Å². The average molecular weight is 384 g/mol. The van der Waals surface area contributed by atoms with E-state index in [0.717, 1.165) is 22.4 Å². The lowest BCUT2D eigenvalue weighted by molar-refractivity contribution is -0.123. The molecule has 1 atom stereocenters. The number of hydrogen-bond donors (Lipinski definition) is 0. The molecule has 0 aliphatic carbocycles. The molecule has 2 aliphatic heterocycles. The van der Waals surface area contributed by atoms with Crippen molar-refractivity contribution in [3.05, 3.63) is 53.3 Å². The standard InChI is InChI=1S/C21H21FN2O4/c1-27-18-9-13-7-8-23(12-14(13)10-19(18)28-2)17-11-20(25)24(21(17)26)16-6-4-3-5-15(16)22/h3-6,9-10,17H,7-8,11-12H2,1-2H3/t17-/m1/s1. The molecule has 146 valence electrons. The van der Waals surface area contributed by atoms with E-state index in [-0.39, 0.29) is 23.9 Å². The molecule has 0 bridgehead atoms. The Bertz CT molecular complexity index is 946. The van der Waals surface area contributed by atoms with Crippen LogP contribution in [0.5, 0.6) is 11.5 Å².